The van der Waals surface area contributed by atoms with Crippen molar-refractivity contribution in [3.8, 4) is 0 Å². The Balaban J connectivity index is 2.10. The second-order valence-electron chi connectivity index (χ2n) is 3.31. The Kier molecular flexibility index (Phi) is 3.96. The molecule has 74 valence electrons. The second kappa shape index (κ2) is 5.02. The van der Waals surface area contributed by atoms with Gasteiger partial charge in [-0.25, -0.2) is 0 Å². The van der Waals surface area contributed by atoms with Gasteiger partial charge in [0, 0.05) is 19.5 Å². The number of nitrogens with zero attached hydrogens (tertiary/aromatic N) is 1. The van der Waals surface area contributed by atoms with E-state index in [4.69, 9.17) is 4.74 Å². The molecular formula is C10H17NO2. The van der Waals surface area contributed by atoms with E-state index in [1.54, 1.807) is 0 Å². The number of carbonyl (C=O) groups excluding carboxylic acids is 1. The third-order valence-electron chi connectivity index (χ3n) is 2.25. The minimum atomic E-state index is 0.350. The fraction of sp³-hybridized carbons (Fsp3) is 0.700. The van der Waals surface area contributed by atoms with Crippen molar-refractivity contribution in [2.45, 2.75) is 20.3 Å². The van der Waals surface area contributed by atoms with Gasteiger partial charge in [0.15, 0.2) is 0 Å². The minimum Gasteiger partial charge on any atom is -0.497 e. The highest BCUT2D eigenvalue weighted by molar-refractivity contribution is 5.82. The van der Waals surface area contributed by atoms with E-state index in [0.29, 0.717) is 25.4 Å². The van der Waals surface area contributed by atoms with E-state index in [1.807, 2.05) is 19.9 Å². The number of ketones is 1. The Labute approximate surface area is 79.4 Å². The van der Waals surface area contributed by atoms with Crippen LogP contribution >= 0.6 is 0 Å². The molecule has 13 heavy (non-hydrogen) atoms. The standard InChI is InChI=1S/C10H17NO2/c1-3-9(2)13-7-6-11-5-4-10(12)8-11/h3H,4-8H2,1-2H3/b9-3+. The highest BCUT2D eigenvalue weighted by Crippen LogP contribution is 2.03. The molecule has 0 saturated carbocycles. The van der Waals surface area contributed by atoms with Crippen LogP contribution in [-0.4, -0.2) is 36.9 Å². The predicted molar refractivity (Wildman–Crippen MR) is 51.4 cm³/mol. The Hall–Kier alpha value is -0.830. The molecule has 1 saturated heterocycles. The predicted octanol–water partition coefficient (Wildman–Crippen LogP) is 1.20. The van der Waals surface area contributed by atoms with Gasteiger partial charge >= 0.3 is 0 Å². The highest BCUT2D eigenvalue weighted by atomic mass is 16.5. The fourth-order valence-electron chi connectivity index (χ4n) is 1.30. The van der Waals surface area contributed by atoms with Crippen molar-refractivity contribution in [2.24, 2.45) is 0 Å². The maximum absolute atomic E-state index is 10.9. The van der Waals surface area contributed by atoms with Crippen molar-refractivity contribution < 1.29 is 9.53 Å². The third kappa shape index (κ3) is 3.59. The van der Waals surface area contributed by atoms with Crippen LogP contribution in [0.4, 0.5) is 0 Å². The van der Waals surface area contributed by atoms with Crippen LogP contribution in [0.5, 0.6) is 0 Å². The van der Waals surface area contributed by atoms with Crippen LogP contribution in [0.2, 0.25) is 0 Å². The summed E-state index contributed by atoms with van der Waals surface area (Å²) in [4.78, 5) is 13.0. The van der Waals surface area contributed by atoms with E-state index in [0.717, 1.165) is 18.8 Å². The molecule has 0 aromatic carbocycles. The van der Waals surface area contributed by atoms with Crippen LogP contribution in [0, 0.1) is 0 Å². The number of hydrogen-bond donors (Lipinski definition) is 0. The molecule has 3 nitrogen and oxygen atoms in total. The Morgan fingerprint density at radius 1 is 1.69 bits per heavy atom. The van der Waals surface area contributed by atoms with Crippen LogP contribution in [0.25, 0.3) is 0 Å². The van der Waals surface area contributed by atoms with Crippen molar-refractivity contribution in [3.63, 3.8) is 0 Å². The van der Waals surface area contributed by atoms with E-state index in [-0.39, 0.29) is 0 Å². The highest BCUT2D eigenvalue weighted by Gasteiger charge is 2.18. The van der Waals surface area contributed by atoms with Gasteiger partial charge in [0.05, 0.1) is 12.3 Å². The number of hydrogen-bond acceptors (Lipinski definition) is 3. The van der Waals surface area contributed by atoms with E-state index in [9.17, 15) is 4.79 Å². The number of Topliss-reactive ketones (excluding diaryl/α,β-unsaturated/α-hetero) is 1. The van der Waals surface area contributed by atoms with Gasteiger partial charge in [-0.1, -0.05) is 6.08 Å². The molecule has 1 fully saturated rings. The van der Waals surface area contributed by atoms with Crippen LogP contribution in [0.15, 0.2) is 11.8 Å². The van der Waals surface area contributed by atoms with Gasteiger partial charge in [0.1, 0.15) is 12.4 Å². The maximum Gasteiger partial charge on any atom is 0.148 e. The van der Waals surface area contributed by atoms with Crippen LogP contribution in [0.1, 0.15) is 20.3 Å². The Morgan fingerprint density at radius 3 is 3.00 bits per heavy atom. The topological polar surface area (TPSA) is 29.5 Å². The molecule has 0 bridgehead atoms. The zero-order valence-corrected chi connectivity index (χ0v) is 8.38. The SMILES string of the molecule is C/C=C(\C)OCCN1CCC(=O)C1. The average Bonchev–Trinajstić information content (AvgIpc) is 2.51. The molecule has 0 aromatic rings. The maximum atomic E-state index is 10.9. The van der Waals surface area contributed by atoms with E-state index in [2.05, 4.69) is 4.90 Å². The zero-order chi connectivity index (χ0) is 9.68. The molecule has 0 atom stereocenters. The van der Waals surface area contributed by atoms with Crippen LogP contribution in [0.3, 0.4) is 0 Å². The first-order chi connectivity index (χ1) is 6.22. The molecular weight excluding hydrogens is 166 g/mol. The molecule has 0 spiro atoms. The van der Waals surface area contributed by atoms with Gasteiger partial charge in [-0.2, -0.15) is 0 Å². The number of allylic oxidation sites excluding steroid dienone is 2. The third-order valence-corrected chi connectivity index (χ3v) is 2.25. The summed E-state index contributed by atoms with van der Waals surface area (Å²) in [5.41, 5.74) is 0. The lowest BCUT2D eigenvalue weighted by molar-refractivity contribution is -0.116. The molecule has 0 unspecified atom stereocenters. The van der Waals surface area contributed by atoms with E-state index >= 15 is 0 Å². The van der Waals surface area contributed by atoms with Gasteiger partial charge in [-0.3, -0.25) is 9.69 Å². The largest absolute Gasteiger partial charge is 0.497 e. The summed E-state index contributed by atoms with van der Waals surface area (Å²) in [5, 5.41) is 0. The number of carbonyl (C=O) groups is 1. The number of ether oxygens (including phenoxy) is 1. The molecule has 0 radical (unpaired) electrons. The Bertz CT molecular complexity index is 211. The molecule has 0 amide bonds. The average molecular weight is 183 g/mol. The summed E-state index contributed by atoms with van der Waals surface area (Å²) in [6, 6.07) is 0. The first kappa shape index (κ1) is 10.3. The van der Waals surface area contributed by atoms with Gasteiger partial charge in [-0.05, 0) is 13.8 Å². The molecule has 0 N–H and O–H groups in total. The first-order valence-electron chi connectivity index (χ1n) is 4.72. The molecule has 1 heterocycles. The monoisotopic (exact) mass is 183 g/mol. The van der Waals surface area contributed by atoms with Crippen molar-refractivity contribution in [2.75, 3.05) is 26.2 Å². The van der Waals surface area contributed by atoms with Crippen LogP contribution in [-0.2, 0) is 9.53 Å². The van der Waals surface area contributed by atoms with Gasteiger partial charge < -0.3 is 4.74 Å². The van der Waals surface area contributed by atoms with Crippen LogP contribution < -0.4 is 0 Å². The minimum absolute atomic E-state index is 0.350. The molecule has 1 aliphatic rings. The smallest absolute Gasteiger partial charge is 0.148 e. The lowest BCUT2D eigenvalue weighted by Crippen LogP contribution is -2.25. The summed E-state index contributed by atoms with van der Waals surface area (Å²) in [6.07, 6.45) is 2.65. The van der Waals surface area contributed by atoms with Crippen molar-refractivity contribution in [1.29, 1.82) is 0 Å². The van der Waals surface area contributed by atoms with Crippen molar-refractivity contribution in [3.05, 3.63) is 11.8 Å². The van der Waals surface area contributed by atoms with Crippen molar-refractivity contribution >= 4 is 5.78 Å². The molecule has 0 aromatic heterocycles. The quantitative estimate of drug-likeness (QED) is 0.613. The molecule has 1 aliphatic heterocycles. The van der Waals surface area contributed by atoms with Gasteiger partial charge in [-0.15, -0.1) is 0 Å². The lowest BCUT2D eigenvalue weighted by atomic mass is 10.4. The number of rotatable bonds is 4. The second-order valence-corrected chi connectivity index (χ2v) is 3.31. The fourth-order valence-corrected chi connectivity index (χ4v) is 1.30. The summed E-state index contributed by atoms with van der Waals surface area (Å²) >= 11 is 0. The number of likely N-dealkylation sites (tertiary alicyclic amines) is 1. The van der Waals surface area contributed by atoms with E-state index < -0.39 is 0 Å². The summed E-state index contributed by atoms with van der Waals surface area (Å²) in [6.45, 7) is 6.94. The molecule has 1 rings (SSSR count). The molecule has 3 heteroatoms. The van der Waals surface area contributed by atoms with Gasteiger partial charge in [0.25, 0.3) is 0 Å². The molecule has 0 aliphatic carbocycles. The van der Waals surface area contributed by atoms with Crippen molar-refractivity contribution in [1.82, 2.24) is 4.90 Å². The zero-order valence-electron chi connectivity index (χ0n) is 8.38. The Morgan fingerprint density at radius 2 is 2.46 bits per heavy atom. The summed E-state index contributed by atoms with van der Waals surface area (Å²) in [7, 11) is 0. The van der Waals surface area contributed by atoms with E-state index in [1.165, 1.54) is 0 Å². The normalized spacial score (nSPS) is 19.5. The lowest BCUT2D eigenvalue weighted by Gasteiger charge is -2.13. The summed E-state index contributed by atoms with van der Waals surface area (Å²) < 4.78 is 5.40. The first-order valence-corrected chi connectivity index (χ1v) is 4.72. The van der Waals surface area contributed by atoms with Gasteiger partial charge in [0.2, 0.25) is 0 Å². The summed E-state index contributed by atoms with van der Waals surface area (Å²) in [5.74, 6) is 1.30.